The third kappa shape index (κ3) is 5.28. The molecule has 3 aliphatic rings. The van der Waals surface area contributed by atoms with Gasteiger partial charge in [-0.05, 0) is 62.5 Å². The van der Waals surface area contributed by atoms with Crippen LogP contribution in [0.2, 0.25) is 0 Å². The van der Waals surface area contributed by atoms with Crippen LogP contribution in [-0.2, 0) is 9.47 Å². The largest absolute Gasteiger partial charge is 0.573 e. The Morgan fingerprint density at radius 2 is 1.97 bits per heavy atom. The van der Waals surface area contributed by atoms with Crippen LogP contribution in [0, 0.1) is 23.2 Å². The first-order chi connectivity index (χ1) is 16.1. The maximum Gasteiger partial charge on any atom is 0.573 e. The molecule has 4 unspecified atom stereocenters. The Balaban J connectivity index is 1.52. The highest BCUT2D eigenvalue weighted by atomic mass is 19.4. The van der Waals surface area contributed by atoms with Crippen molar-refractivity contribution < 1.29 is 32.5 Å². The summed E-state index contributed by atoms with van der Waals surface area (Å²) in [7, 11) is 0. The van der Waals surface area contributed by atoms with Crippen LogP contribution in [0.15, 0.2) is 35.6 Å². The third-order valence-electron chi connectivity index (χ3n) is 7.68. The van der Waals surface area contributed by atoms with Gasteiger partial charge in [-0.25, -0.2) is 0 Å². The summed E-state index contributed by atoms with van der Waals surface area (Å²) in [5.41, 5.74) is -0.0775. The highest BCUT2D eigenvalue weighted by molar-refractivity contribution is 6.12. The highest BCUT2D eigenvalue weighted by Crippen LogP contribution is 2.49. The summed E-state index contributed by atoms with van der Waals surface area (Å²) in [5, 5.41) is 19.5. The molecular weight excluding hydrogens is 447 g/mol. The minimum Gasteiger partial charge on any atom is -0.512 e. The zero-order valence-electron chi connectivity index (χ0n) is 19.8. The van der Waals surface area contributed by atoms with Crippen LogP contribution in [0.4, 0.5) is 13.2 Å². The molecule has 0 aromatic heterocycles. The van der Waals surface area contributed by atoms with E-state index >= 15 is 0 Å². The zero-order valence-corrected chi connectivity index (χ0v) is 19.8. The van der Waals surface area contributed by atoms with Gasteiger partial charge in [-0.1, -0.05) is 32.4 Å². The Morgan fingerprint density at radius 3 is 2.59 bits per heavy atom. The van der Waals surface area contributed by atoms with Crippen LogP contribution in [0.3, 0.4) is 0 Å². The first-order valence-electron chi connectivity index (χ1n) is 12.3. The summed E-state index contributed by atoms with van der Waals surface area (Å²) >= 11 is 0. The van der Waals surface area contributed by atoms with Crippen molar-refractivity contribution in [2.45, 2.75) is 76.9 Å². The lowest BCUT2D eigenvalue weighted by molar-refractivity contribution is -0.274. The maximum absolute atomic E-state index is 12.9. The van der Waals surface area contributed by atoms with Crippen LogP contribution in [0.5, 0.6) is 5.75 Å². The average molecular weight is 482 g/mol. The van der Waals surface area contributed by atoms with Crippen LogP contribution < -0.4 is 4.74 Å². The van der Waals surface area contributed by atoms with Gasteiger partial charge < -0.3 is 19.3 Å². The topological polar surface area (TPSA) is 71.8 Å². The van der Waals surface area contributed by atoms with Crippen molar-refractivity contribution in [1.82, 2.24) is 0 Å². The van der Waals surface area contributed by atoms with Gasteiger partial charge in [0.25, 0.3) is 0 Å². The Bertz CT molecular complexity index is 919. The lowest BCUT2D eigenvalue weighted by Gasteiger charge is -2.48. The van der Waals surface area contributed by atoms with Gasteiger partial charge in [-0.3, -0.25) is 5.41 Å². The fraction of sp³-hybridized carbons (Fsp3) is 0.654. The molecule has 2 aliphatic carbocycles. The van der Waals surface area contributed by atoms with E-state index < -0.39 is 12.1 Å². The number of alkyl halides is 3. The zero-order chi connectivity index (χ0) is 24.5. The number of allylic oxidation sites excluding steroid dienone is 1. The standard InChI is InChI=1S/C26H34F3NO4/c1-3-18-14-19(13-16(2)25(18)11-6-12-33-25)32-15-21(24(31)17-9-10-17)23(30)20-7-4-5-8-22(20)34-26(27,28)29/h4-5,7-8,16-19,30-31H,3,6,9-15H2,1-2H3/b24-21-,30-23?. The number of aliphatic hydroxyl groups excluding tert-OH is 1. The smallest absolute Gasteiger partial charge is 0.512 e. The van der Waals surface area contributed by atoms with Gasteiger partial charge in [0.1, 0.15) is 11.5 Å². The van der Waals surface area contributed by atoms with Gasteiger partial charge in [0.15, 0.2) is 0 Å². The van der Waals surface area contributed by atoms with Crippen LogP contribution in [0.1, 0.15) is 64.4 Å². The molecule has 1 spiro atoms. The minimum atomic E-state index is -4.87. The molecule has 0 amide bonds. The second-order valence-corrected chi connectivity index (χ2v) is 9.87. The van der Waals surface area contributed by atoms with E-state index in [-0.39, 0.29) is 46.8 Å². The van der Waals surface area contributed by atoms with Crippen molar-refractivity contribution in [3.05, 3.63) is 41.2 Å². The van der Waals surface area contributed by atoms with Crippen molar-refractivity contribution in [3.63, 3.8) is 0 Å². The molecule has 1 heterocycles. The molecule has 5 nitrogen and oxygen atoms in total. The second-order valence-electron chi connectivity index (χ2n) is 9.87. The number of aliphatic hydroxyl groups is 1. The predicted octanol–water partition coefficient (Wildman–Crippen LogP) is 6.57. The third-order valence-corrected chi connectivity index (χ3v) is 7.68. The molecule has 0 bridgehead atoms. The van der Waals surface area contributed by atoms with Crippen LogP contribution in [-0.4, -0.2) is 42.1 Å². The number of hydrogen-bond acceptors (Lipinski definition) is 5. The monoisotopic (exact) mass is 481 g/mol. The van der Waals surface area contributed by atoms with Gasteiger partial charge in [-0.15, -0.1) is 13.2 Å². The normalized spacial score (nSPS) is 30.3. The number of nitrogens with one attached hydrogen (secondary N) is 1. The average Bonchev–Trinajstić information content (AvgIpc) is 3.53. The molecule has 8 heteroatoms. The number of hydrogen-bond donors (Lipinski definition) is 2. The van der Waals surface area contributed by atoms with Gasteiger partial charge in [0.2, 0.25) is 0 Å². The molecule has 2 saturated carbocycles. The number of halogens is 3. The number of rotatable bonds is 8. The second kappa shape index (κ2) is 9.90. The van der Waals surface area contributed by atoms with Crippen molar-refractivity contribution in [2.75, 3.05) is 13.2 Å². The Hall–Kier alpha value is -2.06. The van der Waals surface area contributed by atoms with Gasteiger partial charge in [0.05, 0.1) is 24.0 Å². The summed E-state index contributed by atoms with van der Waals surface area (Å²) in [6.45, 7) is 5.14. The van der Waals surface area contributed by atoms with E-state index in [9.17, 15) is 18.3 Å². The first kappa shape index (κ1) is 25.0. The maximum atomic E-state index is 12.9. The number of para-hydroxylation sites is 1. The van der Waals surface area contributed by atoms with E-state index in [2.05, 4.69) is 18.6 Å². The molecular formula is C26H34F3NO4. The Labute approximate surface area is 198 Å². The minimum absolute atomic E-state index is 0.0209. The molecule has 188 valence electrons. The fourth-order valence-corrected chi connectivity index (χ4v) is 5.78. The van der Waals surface area contributed by atoms with Crippen LogP contribution >= 0.6 is 0 Å². The van der Waals surface area contributed by atoms with E-state index in [4.69, 9.17) is 14.9 Å². The van der Waals surface area contributed by atoms with Gasteiger partial charge >= 0.3 is 6.36 Å². The Morgan fingerprint density at radius 1 is 1.24 bits per heavy atom. The molecule has 1 saturated heterocycles. The van der Waals surface area contributed by atoms with E-state index in [1.165, 1.54) is 18.2 Å². The molecule has 1 aliphatic heterocycles. The quantitative estimate of drug-likeness (QED) is 0.326. The molecule has 1 aromatic rings. The molecule has 34 heavy (non-hydrogen) atoms. The molecule has 4 rings (SSSR count). The predicted molar refractivity (Wildman–Crippen MR) is 122 cm³/mol. The van der Waals surface area contributed by atoms with Crippen molar-refractivity contribution in [1.29, 1.82) is 5.41 Å². The molecule has 3 fully saturated rings. The molecule has 2 N–H and O–H groups in total. The van der Waals surface area contributed by atoms with E-state index in [0.717, 1.165) is 51.6 Å². The lowest BCUT2D eigenvalue weighted by atomic mass is 9.66. The van der Waals surface area contributed by atoms with Crippen LogP contribution in [0.25, 0.3) is 0 Å². The SMILES string of the molecule is CCC1CC(OC/C(C(=N)c2ccccc2OC(F)(F)F)=C(/O)C2CC2)CC(C)C12CCCO2. The van der Waals surface area contributed by atoms with Crippen molar-refractivity contribution in [3.8, 4) is 5.75 Å². The van der Waals surface area contributed by atoms with Gasteiger partial charge in [-0.2, -0.15) is 0 Å². The molecule has 0 radical (unpaired) electrons. The Kier molecular flexibility index (Phi) is 7.29. The summed E-state index contributed by atoms with van der Waals surface area (Å²) in [6, 6.07) is 5.56. The van der Waals surface area contributed by atoms with E-state index in [0.29, 0.717) is 11.8 Å². The van der Waals surface area contributed by atoms with Crippen molar-refractivity contribution >= 4 is 5.71 Å². The lowest BCUT2D eigenvalue weighted by Crippen LogP contribution is -2.50. The van der Waals surface area contributed by atoms with Gasteiger partial charge in [0, 0.05) is 23.7 Å². The summed E-state index contributed by atoms with van der Waals surface area (Å²) in [4.78, 5) is 0. The molecule has 1 aromatic carbocycles. The molecule has 4 atom stereocenters. The number of benzene rings is 1. The first-order valence-corrected chi connectivity index (χ1v) is 12.3. The highest BCUT2D eigenvalue weighted by Gasteiger charge is 2.50. The fourth-order valence-electron chi connectivity index (χ4n) is 5.78. The summed E-state index contributed by atoms with van der Waals surface area (Å²) in [5.74, 6) is 0.202. The summed E-state index contributed by atoms with van der Waals surface area (Å²) < 4.78 is 55.4. The number of ether oxygens (including phenoxy) is 3. The summed E-state index contributed by atoms with van der Waals surface area (Å²) in [6.07, 6.45) is 1.42. The van der Waals surface area contributed by atoms with Crippen molar-refractivity contribution in [2.24, 2.45) is 17.8 Å². The van der Waals surface area contributed by atoms with E-state index in [1.54, 1.807) is 6.07 Å². The van der Waals surface area contributed by atoms with E-state index in [1.807, 2.05) is 0 Å².